The molecule has 0 aliphatic carbocycles. The molecule has 0 radical (unpaired) electrons. The molecule has 6 fully saturated rings. The van der Waals surface area contributed by atoms with E-state index >= 15 is 0 Å². The topological polar surface area (TPSA) is 150 Å². The standard InChI is InChI=1S/C13H16O7.C11H14O5/c1-2-9(14)17-5-10(15)19-8-3-7-6-4-18-13(16)11(6)12(8)20-7;1-2-8(12)15-7-3-6-5-4-14-11(13)9(5)10(7)16-6/h6-8,11-12H,2-5H2,1H3;5-7,9-10H,2-4H2,1H3. The van der Waals surface area contributed by atoms with Crippen LogP contribution in [0.15, 0.2) is 0 Å². The average Bonchev–Trinajstić information content (AvgIpc) is 3.69. The molecule has 6 rings (SSSR count). The molecule has 6 saturated heterocycles. The van der Waals surface area contributed by atoms with Crippen LogP contribution in [-0.4, -0.2) is 86.3 Å². The van der Waals surface area contributed by atoms with E-state index in [1.165, 1.54) is 0 Å². The second-order valence-electron chi connectivity index (χ2n) is 9.81. The summed E-state index contributed by atoms with van der Waals surface area (Å²) in [6.07, 6.45) is 0.343. The van der Waals surface area contributed by atoms with Crippen LogP contribution in [-0.2, 0) is 57.1 Å². The second-order valence-corrected chi connectivity index (χ2v) is 9.81. The van der Waals surface area contributed by atoms with Gasteiger partial charge in [-0.1, -0.05) is 13.8 Å². The highest BCUT2D eigenvalue weighted by atomic mass is 16.6. The molecule has 10 unspecified atom stereocenters. The number of esters is 5. The Balaban J connectivity index is 0.000000152. The Morgan fingerprint density at radius 1 is 0.750 bits per heavy atom. The fourth-order valence-corrected chi connectivity index (χ4v) is 6.07. The van der Waals surface area contributed by atoms with Crippen molar-refractivity contribution < 1.29 is 57.1 Å². The summed E-state index contributed by atoms with van der Waals surface area (Å²) in [5.41, 5.74) is 0. The van der Waals surface area contributed by atoms with E-state index < -0.39 is 30.8 Å². The minimum Gasteiger partial charge on any atom is -0.465 e. The van der Waals surface area contributed by atoms with Gasteiger partial charge in [-0.15, -0.1) is 0 Å². The van der Waals surface area contributed by atoms with E-state index in [1.807, 2.05) is 0 Å². The molecule has 36 heavy (non-hydrogen) atoms. The van der Waals surface area contributed by atoms with Crippen LogP contribution in [0.2, 0.25) is 0 Å². The predicted molar refractivity (Wildman–Crippen MR) is 114 cm³/mol. The molecular formula is C24H30O12. The second kappa shape index (κ2) is 9.97. The van der Waals surface area contributed by atoms with Crippen molar-refractivity contribution >= 4 is 29.8 Å². The number of ether oxygens (including phenoxy) is 7. The van der Waals surface area contributed by atoms with Crippen molar-refractivity contribution in [2.45, 2.75) is 76.2 Å². The summed E-state index contributed by atoms with van der Waals surface area (Å²) < 4.78 is 36.6. The lowest BCUT2D eigenvalue weighted by atomic mass is 9.80. The number of hydrogen-bond acceptors (Lipinski definition) is 12. The SMILES string of the molecule is CCC(=O)OC1CC2OC1C1C(=O)OCC21.CCC(=O)OCC(=O)OC1CC2OC1C1C(=O)OCC21. The van der Waals surface area contributed by atoms with Crippen LogP contribution in [0.1, 0.15) is 39.5 Å². The number of cyclic esters (lactones) is 2. The summed E-state index contributed by atoms with van der Waals surface area (Å²) in [4.78, 5) is 56.9. The Morgan fingerprint density at radius 2 is 1.22 bits per heavy atom. The first-order valence-corrected chi connectivity index (χ1v) is 12.5. The molecule has 10 atom stereocenters. The minimum atomic E-state index is -0.615. The van der Waals surface area contributed by atoms with E-state index in [9.17, 15) is 24.0 Å². The molecule has 0 aromatic rings. The molecule has 0 spiro atoms. The van der Waals surface area contributed by atoms with Gasteiger partial charge in [-0.25, -0.2) is 4.79 Å². The summed E-state index contributed by atoms with van der Waals surface area (Å²) >= 11 is 0. The Bertz CT molecular complexity index is 932. The van der Waals surface area contributed by atoms with Crippen LogP contribution in [0.4, 0.5) is 0 Å². The normalized spacial score (nSPS) is 40.5. The first kappa shape index (κ1) is 24.9. The van der Waals surface area contributed by atoms with Crippen LogP contribution in [0.25, 0.3) is 0 Å². The predicted octanol–water partition coefficient (Wildman–Crippen LogP) is 0.0802. The monoisotopic (exact) mass is 510 g/mol. The smallest absolute Gasteiger partial charge is 0.344 e. The molecule has 12 nitrogen and oxygen atoms in total. The van der Waals surface area contributed by atoms with Gasteiger partial charge in [0.2, 0.25) is 0 Å². The fourth-order valence-electron chi connectivity index (χ4n) is 6.07. The van der Waals surface area contributed by atoms with E-state index in [2.05, 4.69) is 0 Å². The summed E-state index contributed by atoms with van der Waals surface area (Å²) in [5.74, 6) is -2.06. The summed E-state index contributed by atoms with van der Waals surface area (Å²) in [6.45, 7) is 3.84. The van der Waals surface area contributed by atoms with Crippen molar-refractivity contribution in [2.24, 2.45) is 23.7 Å². The Hall–Kier alpha value is -2.73. The number of fused-ring (bicyclic) bond motifs is 10. The molecular weight excluding hydrogens is 480 g/mol. The molecule has 0 amide bonds. The van der Waals surface area contributed by atoms with Crippen molar-refractivity contribution in [1.29, 1.82) is 0 Å². The van der Waals surface area contributed by atoms with Crippen molar-refractivity contribution in [3.05, 3.63) is 0 Å². The van der Waals surface area contributed by atoms with Gasteiger partial charge < -0.3 is 33.2 Å². The van der Waals surface area contributed by atoms with Crippen LogP contribution >= 0.6 is 0 Å². The summed E-state index contributed by atoms with van der Waals surface area (Å²) in [6, 6.07) is 0. The molecule has 0 saturated carbocycles. The highest BCUT2D eigenvalue weighted by molar-refractivity contribution is 5.78. The van der Waals surface area contributed by atoms with Crippen LogP contribution in [0, 0.1) is 23.7 Å². The first-order valence-electron chi connectivity index (χ1n) is 12.5. The fraction of sp³-hybridized carbons (Fsp3) is 0.792. The van der Waals surface area contributed by atoms with Gasteiger partial charge in [0.25, 0.3) is 0 Å². The third-order valence-corrected chi connectivity index (χ3v) is 7.79. The maximum absolute atomic E-state index is 11.6. The summed E-state index contributed by atoms with van der Waals surface area (Å²) in [5, 5.41) is 0. The highest BCUT2D eigenvalue weighted by Crippen LogP contribution is 2.49. The number of carbonyl (C=O) groups excluding carboxylic acids is 5. The lowest BCUT2D eigenvalue weighted by Crippen LogP contribution is -2.40. The van der Waals surface area contributed by atoms with E-state index in [0.29, 0.717) is 32.5 Å². The Morgan fingerprint density at radius 3 is 1.69 bits per heavy atom. The number of carbonyl (C=O) groups is 5. The van der Waals surface area contributed by atoms with Gasteiger partial charge in [-0.3, -0.25) is 19.2 Å². The van der Waals surface area contributed by atoms with Gasteiger partial charge in [0.1, 0.15) is 24.4 Å². The van der Waals surface area contributed by atoms with Crippen molar-refractivity contribution in [2.75, 3.05) is 19.8 Å². The summed E-state index contributed by atoms with van der Waals surface area (Å²) in [7, 11) is 0. The van der Waals surface area contributed by atoms with Gasteiger partial charge >= 0.3 is 29.8 Å². The van der Waals surface area contributed by atoms with Gasteiger partial charge in [-0.2, -0.15) is 0 Å². The molecule has 6 aliphatic rings. The Labute approximate surface area is 207 Å². The van der Waals surface area contributed by atoms with Crippen molar-refractivity contribution in [3.63, 3.8) is 0 Å². The van der Waals surface area contributed by atoms with Crippen molar-refractivity contribution in [3.8, 4) is 0 Å². The maximum Gasteiger partial charge on any atom is 0.344 e. The molecule has 0 aromatic heterocycles. The minimum absolute atomic E-state index is 0.0242. The zero-order valence-corrected chi connectivity index (χ0v) is 20.1. The highest BCUT2D eigenvalue weighted by Gasteiger charge is 2.63. The molecule has 198 valence electrons. The zero-order chi connectivity index (χ0) is 25.6. The van der Waals surface area contributed by atoms with Gasteiger partial charge in [-0.05, 0) is 0 Å². The van der Waals surface area contributed by atoms with Gasteiger partial charge in [0.05, 0.1) is 37.3 Å². The molecule has 12 heteroatoms. The molecule has 0 N–H and O–H groups in total. The average molecular weight is 510 g/mol. The van der Waals surface area contributed by atoms with Crippen LogP contribution < -0.4 is 0 Å². The van der Waals surface area contributed by atoms with E-state index in [1.54, 1.807) is 13.8 Å². The Kier molecular flexibility index (Phi) is 6.90. The van der Waals surface area contributed by atoms with Crippen LogP contribution in [0.5, 0.6) is 0 Å². The largest absolute Gasteiger partial charge is 0.465 e. The lowest BCUT2D eigenvalue weighted by Gasteiger charge is -2.24. The van der Waals surface area contributed by atoms with E-state index in [4.69, 9.17) is 33.2 Å². The molecule has 4 bridgehead atoms. The van der Waals surface area contributed by atoms with Crippen LogP contribution in [0.3, 0.4) is 0 Å². The lowest BCUT2D eigenvalue weighted by molar-refractivity contribution is -0.165. The third kappa shape index (κ3) is 4.45. The molecule has 6 aliphatic heterocycles. The maximum atomic E-state index is 11.6. The van der Waals surface area contributed by atoms with Crippen molar-refractivity contribution in [1.82, 2.24) is 0 Å². The van der Waals surface area contributed by atoms with E-state index in [0.717, 1.165) is 0 Å². The molecule has 0 aromatic carbocycles. The molecule has 6 heterocycles. The van der Waals surface area contributed by atoms with Gasteiger partial charge in [0.15, 0.2) is 6.61 Å². The van der Waals surface area contributed by atoms with E-state index in [-0.39, 0.29) is 72.4 Å². The van der Waals surface area contributed by atoms with Gasteiger partial charge in [0, 0.05) is 37.5 Å². The quantitative estimate of drug-likeness (QED) is 0.352. The number of hydrogen-bond donors (Lipinski definition) is 0. The zero-order valence-electron chi connectivity index (χ0n) is 20.1. The number of rotatable bonds is 6. The third-order valence-electron chi connectivity index (χ3n) is 7.79. The first-order chi connectivity index (χ1) is 17.3.